The molecule has 0 aromatic heterocycles. The van der Waals surface area contributed by atoms with E-state index in [9.17, 15) is 10.1 Å². The summed E-state index contributed by atoms with van der Waals surface area (Å²) >= 11 is 0. The quantitative estimate of drug-likeness (QED) is 0.200. The smallest absolute Gasteiger partial charge is 0.269 e. The van der Waals surface area contributed by atoms with Gasteiger partial charge in [-0.1, -0.05) is 18.2 Å². The Morgan fingerprint density at radius 1 is 0.548 bits per heavy atom. The Labute approximate surface area is 181 Å². The Hall–Kier alpha value is -2.72. The van der Waals surface area contributed by atoms with Gasteiger partial charge in [-0.05, 0) is 24.3 Å². The maximum atomic E-state index is 10.6. The largest absolute Gasteiger partial charge is 0.491 e. The third-order valence-corrected chi connectivity index (χ3v) is 3.90. The van der Waals surface area contributed by atoms with Crippen molar-refractivity contribution >= 4 is 5.69 Å². The number of nitro benzene ring substituents is 1. The van der Waals surface area contributed by atoms with Crippen molar-refractivity contribution in [2.45, 2.75) is 0 Å². The lowest BCUT2D eigenvalue weighted by molar-refractivity contribution is -0.384. The van der Waals surface area contributed by atoms with E-state index in [1.165, 1.54) is 12.1 Å². The molecule has 0 saturated carbocycles. The van der Waals surface area contributed by atoms with Gasteiger partial charge in [0.2, 0.25) is 0 Å². The molecule has 0 fully saturated rings. The van der Waals surface area contributed by atoms with Crippen LogP contribution in [-0.2, 0) is 18.9 Å². The van der Waals surface area contributed by atoms with Gasteiger partial charge < -0.3 is 28.4 Å². The number of para-hydroxylation sites is 1. The minimum atomic E-state index is -0.449. The fraction of sp³-hybridized carbons (Fsp3) is 0.455. The lowest BCUT2D eigenvalue weighted by atomic mass is 10.3. The summed E-state index contributed by atoms with van der Waals surface area (Å²) in [7, 11) is 0. The van der Waals surface area contributed by atoms with Crippen molar-refractivity contribution in [3.63, 3.8) is 0 Å². The number of non-ortho nitro benzene ring substituents is 1. The Kier molecular flexibility index (Phi) is 12.7. The normalized spacial score (nSPS) is 10.7. The molecule has 0 aliphatic rings. The van der Waals surface area contributed by atoms with Crippen LogP contribution in [0.4, 0.5) is 5.69 Å². The molecule has 2 rings (SSSR count). The molecule has 0 aliphatic carbocycles. The van der Waals surface area contributed by atoms with Crippen molar-refractivity contribution in [2.24, 2.45) is 0 Å². The van der Waals surface area contributed by atoms with Gasteiger partial charge in [-0.15, -0.1) is 0 Å². The summed E-state index contributed by atoms with van der Waals surface area (Å²) in [4.78, 5) is 10.1. The average molecular weight is 435 g/mol. The third kappa shape index (κ3) is 11.9. The van der Waals surface area contributed by atoms with Crippen LogP contribution in [0.15, 0.2) is 54.6 Å². The molecule has 170 valence electrons. The van der Waals surface area contributed by atoms with Gasteiger partial charge >= 0.3 is 0 Å². The van der Waals surface area contributed by atoms with Crippen LogP contribution in [-0.4, -0.2) is 71.0 Å². The van der Waals surface area contributed by atoms with Crippen molar-refractivity contribution in [3.8, 4) is 11.5 Å². The molecule has 0 saturated heterocycles. The van der Waals surface area contributed by atoms with Gasteiger partial charge in [0.25, 0.3) is 5.69 Å². The van der Waals surface area contributed by atoms with Crippen LogP contribution in [0.3, 0.4) is 0 Å². The van der Waals surface area contributed by atoms with Crippen molar-refractivity contribution < 1.29 is 33.3 Å². The van der Waals surface area contributed by atoms with Gasteiger partial charge in [-0.2, -0.15) is 0 Å². The zero-order chi connectivity index (χ0) is 22.0. The van der Waals surface area contributed by atoms with Crippen LogP contribution >= 0.6 is 0 Å². The average Bonchev–Trinajstić information content (AvgIpc) is 2.79. The minimum Gasteiger partial charge on any atom is -0.491 e. The van der Waals surface area contributed by atoms with Crippen LogP contribution in [0.5, 0.6) is 11.5 Å². The molecule has 0 spiro atoms. The fourth-order valence-electron chi connectivity index (χ4n) is 2.38. The van der Waals surface area contributed by atoms with Gasteiger partial charge in [0, 0.05) is 12.1 Å². The predicted molar refractivity (Wildman–Crippen MR) is 114 cm³/mol. The topological polar surface area (TPSA) is 98.5 Å². The molecule has 0 bridgehead atoms. The van der Waals surface area contributed by atoms with E-state index >= 15 is 0 Å². The lowest BCUT2D eigenvalue weighted by Gasteiger charge is -2.09. The van der Waals surface area contributed by atoms with E-state index < -0.39 is 4.92 Å². The molecule has 0 unspecified atom stereocenters. The maximum absolute atomic E-state index is 10.6. The molecule has 0 aliphatic heterocycles. The van der Waals surface area contributed by atoms with Gasteiger partial charge in [0.05, 0.1) is 57.8 Å². The third-order valence-electron chi connectivity index (χ3n) is 3.90. The second-order valence-electron chi connectivity index (χ2n) is 6.21. The zero-order valence-electron chi connectivity index (χ0n) is 17.5. The predicted octanol–water partition coefficient (Wildman–Crippen LogP) is 3.12. The molecular formula is C22H29NO8. The Morgan fingerprint density at radius 3 is 1.35 bits per heavy atom. The van der Waals surface area contributed by atoms with E-state index in [1.54, 1.807) is 12.1 Å². The highest BCUT2D eigenvalue weighted by Gasteiger charge is 2.04. The number of nitrogens with zero attached hydrogens (tertiary/aromatic N) is 1. The van der Waals surface area contributed by atoms with E-state index in [2.05, 4.69) is 0 Å². The monoisotopic (exact) mass is 435 g/mol. The van der Waals surface area contributed by atoms with Crippen molar-refractivity contribution in [2.75, 3.05) is 66.1 Å². The van der Waals surface area contributed by atoms with Gasteiger partial charge in [-0.3, -0.25) is 10.1 Å². The van der Waals surface area contributed by atoms with E-state index in [0.29, 0.717) is 71.8 Å². The van der Waals surface area contributed by atoms with Crippen LogP contribution < -0.4 is 9.47 Å². The highest BCUT2D eigenvalue weighted by molar-refractivity contribution is 5.35. The van der Waals surface area contributed by atoms with E-state index in [0.717, 1.165) is 5.75 Å². The molecule has 0 N–H and O–H groups in total. The summed E-state index contributed by atoms with van der Waals surface area (Å²) in [5.41, 5.74) is 0.0330. The molecule has 2 aromatic carbocycles. The van der Waals surface area contributed by atoms with Crippen LogP contribution in [0.2, 0.25) is 0 Å². The minimum absolute atomic E-state index is 0.0330. The summed E-state index contributed by atoms with van der Waals surface area (Å²) < 4.78 is 32.6. The van der Waals surface area contributed by atoms with Crippen LogP contribution in [0, 0.1) is 10.1 Å². The van der Waals surface area contributed by atoms with Crippen LogP contribution in [0.25, 0.3) is 0 Å². The molecule has 31 heavy (non-hydrogen) atoms. The second kappa shape index (κ2) is 16.0. The Balaban J connectivity index is 1.29. The first-order valence-corrected chi connectivity index (χ1v) is 10.1. The Bertz CT molecular complexity index is 711. The maximum Gasteiger partial charge on any atom is 0.269 e. The van der Waals surface area contributed by atoms with Crippen molar-refractivity contribution in [1.82, 2.24) is 0 Å². The SMILES string of the molecule is O=[N+]([O-])c1ccc(OCCOCCOCCOCCOCCOc2ccccc2)cc1. The highest BCUT2D eigenvalue weighted by Crippen LogP contribution is 2.17. The number of ether oxygens (including phenoxy) is 6. The molecule has 0 heterocycles. The molecular weight excluding hydrogens is 406 g/mol. The van der Waals surface area contributed by atoms with Gasteiger partial charge in [0.1, 0.15) is 24.7 Å². The Morgan fingerprint density at radius 2 is 0.935 bits per heavy atom. The summed E-state index contributed by atoms with van der Waals surface area (Å²) in [6.45, 7) is 4.70. The highest BCUT2D eigenvalue weighted by atomic mass is 16.6. The molecule has 0 atom stereocenters. The van der Waals surface area contributed by atoms with Gasteiger partial charge in [0.15, 0.2) is 0 Å². The first-order valence-electron chi connectivity index (χ1n) is 10.1. The lowest BCUT2D eigenvalue weighted by Crippen LogP contribution is -2.14. The number of benzene rings is 2. The molecule has 0 amide bonds. The van der Waals surface area contributed by atoms with Crippen LogP contribution in [0.1, 0.15) is 0 Å². The number of rotatable bonds is 18. The fourth-order valence-corrected chi connectivity index (χ4v) is 2.38. The molecule has 9 heteroatoms. The van der Waals surface area contributed by atoms with Crippen molar-refractivity contribution in [1.29, 1.82) is 0 Å². The van der Waals surface area contributed by atoms with E-state index in [1.807, 2.05) is 30.3 Å². The number of nitro groups is 1. The number of hydrogen-bond donors (Lipinski definition) is 0. The first-order chi connectivity index (χ1) is 15.3. The molecule has 9 nitrogen and oxygen atoms in total. The summed E-state index contributed by atoms with van der Waals surface area (Å²) in [6.07, 6.45) is 0. The first kappa shape index (κ1) is 24.5. The standard InChI is InChI=1S/C22H29NO8/c24-23(25)20-6-8-22(9-7-20)31-19-17-29-15-13-27-11-10-26-12-14-28-16-18-30-21-4-2-1-3-5-21/h1-9H,10-19H2. The molecule has 2 aromatic rings. The van der Waals surface area contributed by atoms with Gasteiger partial charge in [-0.25, -0.2) is 0 Å². The summed E-state index contributed by atoms with van der Waals surface area (Å²) in [5, 5.41) is 10.6. The summed E-state index contributed by atoms with van der Waals surface area (Å²) in [5.74, 6) is 1.40. The second-order valence-corrected chi connectivity index (χ2v) is 6.21. The molecule has 0 radical (unpaired) electrons. The van der Waals surface area contributed by atoms with E-state index in [-0.39, 0.29) is 5.69 Å². The number of hydrogen-bond acceptors (Lipinski definition) is 8. The summed E-state index contributed by atoms with van der Waals surface area (Å²) in [6, 6.07) is 15.5. The zero-order valence-corrected chi connectivity index (χ0v) is 17.5. The van der Waals surface area contributed by atoms with E-state index in [4.69, 9.17) is 28.4 Å². The van der Waals surface area contributed by atoms with Crippen molar-refractivity contribution in [3.05, 3.63) is 64.7 Å².